The van der Waals surface area contributed by atoms with Crippen LogP contribution in [-0.2, 0) is 13.6 Å². The molecule has 0 fully saturated rings. The number of pyridine rings is 1. The molecule has 0 N–H and O–H groups in total. The molecule has 0 unspecified atom stereocenters. The highest BCUT2D eigenvalue weighted by atomic mass is 19.1. The van der Waals surface area contributed by atoms with E-state index in [-0.39, 0.29) is 30.8 Å². The minimum Gasteiger partial charge on any atom is -0.497 e. The van der Waals surface area contributed by atoms with E-state index in [1.54, 1.807) is 33.8 Å². The van der Waals surface area contributed by atoms with Gasteiger partial charge in [-0.15, -0.1) is 0 Å². The van der Waals surface area contributed by atoms with Gasteiger partial charge in [-0.3, -0.25) is 9.58 Å². The van der Waals surface area contributed by atoms with Gasteiger partial charge in [-0.2, -0.15) is 10.1 Å². The summed E-state index contributed by atoms with van der Waals surface area (Å²) in [6, 6.07) is 14.7. The van der Waals surface area contributed by atoms with Crippen LogP contribution in [0.1, 0.15) is 9.68 Å². The third kappa shape index (κ3) is 3.82. The van der Waals surface area contributed by atoms with Crippen LogP contribution in [0.2, 0.25) is 0 Å². The monoisotopic (exact) mass is 450 g/mol. The molecule has 0 atom stereocenters. The van der Waals surface area contributed by atoms with E-state index in [1.165, 1.54) is 17.0 Å². The summed E-state index contributed by atoms with van der Waals surface area (Å²) in [5.74, 6) is 0.673. The summed E-state index contributed by atoms with van der Waals surface area (Å²) in [6.45, 7) is -0.567. The van der Waals surface area contributed by atoms with Crippen LogP contribution >= 0.6 is 0 Å². The topological polar surface area (TPSA) is 72.7 Å². The van der Waals surface area contributed by atoms with Crippen molar-refractivity contribution in [3.8, 4) is 11.6 Å². The van der Waals surface area contributed by atoms with E-state index in [0.29, 0.717) is 17.2 Å². The van der Waals surface area contributed by atoms with Crippen molar-refractivity contribution < 1.29 is 22.8 Å². The minimum atomic E-state index is -2.60. The first-order chi connectivity index (χ1) is 17.2. The van der Waals surface area contributed by atoms with Crippen LogP contribution < -0.4 is 19.3 Å². The standard InChI is InChI=1S/C24H22FN5O3/c1-28-14-17-13-19(6-9-21(17)27-28)29-15-16-3-10-22(33-12-11-25)26-23(16)30(24(29)31)18-4-7-20(32-2)8-5-18/h3-10,13-14H,11-12,15H2,1-2H3/i2D3. The Hall–Kier alpha value is -4.14. The minimum absolute atomic E-state index is 0.135. The van der Waals surface area contributed by atoms with Crippen molar-refractivity contribution in [1.29, 1.82) is 0 Å². The van der Waals surface area contributed by atoms with Crippen molar-refractivity contribution in [3.63, 3.8) is 0 Å². The lowest BCUT2D eigenvalue weighted by atomic mass is 10.1. The lowest BCUT2D eigenvalue weighted by Crippen LogP contribution is -2.45. The molecule has 0 aliphatic carbocycles. The maximum atomic E-state index is 13.8. The third-order valence-electron chi connectivity index (χ3n) is 5.35. The zero-order valence-corrected chi connectivity index (χ0v) is 17.7. The first-order valence-corrected chi connectivity index (χ1v) is 10.2. The number of carbonyl (C=O) groups is 1. The summed E-state index contributed by atoms with van der Waals surface area (Å²) < 4.78 is 46.5. The van der Waals surface area contributed by atoms with Gasteiger partial charge in [0.2, 0.25) is 5.88 Å². The Morgan fingerprint density at radius 1 is 1.12 bits per heavy atom. The molecule has 0 bridgehead atoms. The molecule has 2 aromatic heterocycles. The van der Waals surface area contributed by atoms with Crippen molar-refractivity contribution >= 4 is 34.1 Å². The zero-order chi connectivity index (χ0) is 25.4. The second-order valence-corrected chi connectivity index (χ2v) is 7.52. The van der Waals surface area contributed by atoms with Crippen molar-refractivity contribution in [1.82, 2.24) is 14.8 Å². The molecule has 9 heteroatoms. The predicted octanol–water partition coefficient (Wildman–Crippen LogP) is 4.60. The van der Waals surface area contributed by atoms with Gasteiger partial charge >= 0.3 is 6.03 Å². The number of aromatic nitrogens is 3. The molecule has 2 amide bonds. The number of benzene rings is 2. The van der Waals surface area contributed by atoms with Crippen LogP contribution in [0.5, 0.6) is 11.6 Å². The van der Waals surface area contributed by atoms with Crippen LogP contribution in [0.3, 0.4) is 0 Å². The van der Waals surface area contributed by atoms with E-state index in [4.69, 9.17) is 13.6 Å². The quantitative estimate of drug-likeness (QED) is 0.429. The largest absolute Gasteiger partial charge is 0.497 e. The fourth-order valence-corrected chi connectivity index (χ4v) is 3.85. The number of nitrogens with zero attached hydrogens (tertiary/aromatic N) is 5. The highest BCUT2D eigenvalue weighted by molar-refractivity contribution is 6.10. The lowest BCUT2D eigenvalue weighted by Gasteiger charge is -2.36. The second-order valence-electron chi connectivity index (χ2n) is 7.52. The fourth-order valence-electron chi connectivity index (χ4n) is 3.85. The van der Waals surface area contributed by atoms with Gasteiger partial charge in [0.25, 0.3) is 0 Å². The molecule has 0 saturated heterocycles. The number of urea groups is 1. The average Bonchev–Trinajstić information content (AvgIpc) is 3.21. The third-order valence-corrected chi connectivity index (χ3v) is 5.35. The van der Waals surface area contributed by atoms with Crippen LogP contribution in [0.25, 0.3) is 10.9 Å². The molecule has 8 nitrogen and oxygen atoms in total. The predicted molar refractivity (Wildman–Crippen MR) is 123 cm³/mol. The number of amides is 2. The van der Waals surface area contributed by atoms with Gasteiger partial charge < -0.3 is 9.47 Å². The summed E-state index contributed by atoms with van der Waals surface area (Å²) in [4.78, 5) is 21.3. The van der Waals surface area contributed by atoms with E-state index in [0.717, 1.165) is 16.5 Å². The van der Waals surface area contributed by atoms with Crippen molar-refractivity contribution in [2.24, 2.45) is 7.05 Å². The highest BCUT2D eigenvalue weighted by Gasteiger charge is 2.34. The number of anilines is 3. The maximum absolute atomic E-state index is 13.8. The van der Waals surface area contributed by atoms with Crippen LogP contribution in [0.4, 0.5) is 26.4 Å². The number of halogens is 1. The Morgan fingerprint density at radius 2 is 1.94 bits per heavy atom. The number of hydrogen-bond donors (Lipinski definition) is 0. The van der Waals surface area contributed by atoms with Gasteiger partial charge in [0.15, 0.2) is 0 Å². The van der Waals surface area contributed by atoms with Crippen molar-refractivity contribution in [3.05, 3.63) is 66.4 Å². The number of alkyl halides is 1. The molecule has 5 rings (SSSR count). The van der Waals surface area contributed by atoms with E-state index < -0.39 is 13.7 Å². The molecule has 0 radical (unpaired) electrons. The van der Waals surface area contributed by atoms with Gasteiger partial charge in [0, 0.05) is 35.9 Å². The number of aryl methyl sites for hydroxylation is 1. The summed E-state index contributed by atoms with van der Waals surface area (Å²) in [5, 5.41) is 5.27. The Kier molecular flexibility index (Phi) is 4.44. The van der Waals surface area contributed by atoms with Crippen LogP contribution in [-0.4, -0.2) is 41.1 Å². The van der Waals surface area contributed by atoms with Gasteiger partial charge in [-0.05, 0) is 48.5 Å². The van der Waals surface area contributed by atoms with Crippen molar-refractivity contribution in [2.45, 2.75) is 6.54 Å². The Balaban J connectivity index is 1.56. The Labute approximate surface area is 194 Å². The second kappa shape index (κ2) is 8.42. The maximum Gasteiger partial charge on any atom is 0.335 e. The normalized spacial score (nSPS) is 15.1. The molecule has 33 heavy (non-hydrogen) atoms. The molecule has 1 aliphatic rings. The summed E-state index contributed by atoms with van der Waals surface area (Å²) >= 11 is 0. The SMILES string of the molecule is [2H]C([2H])([2H])Oc1ccc(N2C(=O)N(c3ccc4nn(C)cc4c3)Cc3ccc(OCCF)nc32)cc1. The molecule has 3 heterocycles. The van der Waals surface area contributed by atoms with Gasteiger partial charge in [0.1, 0.15) is 24.8 Å². The number of fused-ring (bicyclic) bond motifs is 2. The average molecular weight is 450 g/mol. The number of ether oxygens (including phenoxy) is 2. The van der Waals surface area contributed by atoms with Crippen LogP contribution in [0.15, 0.2) is 60.8 Å². The Morgan fingerprint density at radius 3 is 2.73 bits per heavy atom. The number of methoxy groups -OCH3 is 1. The highest BCUT2D eigenvalue weighted by Crippen LogP contribution is 2.38. The molecule has 1 aliphatic heterocycles. The molecule has 168 valence electrons. The summed E-state index contributed by atoms with van der Waals surface area (Å²) in [5.41, 5.74) is 2.68. The summed E-state index contributed by atoms with van der Waals surface area (Å²) in [6.07, 6.45) is 1.87. The Bertz CT molecular complexity index is 1430. The molecular formula is C24H22FN5O3. The first kappa shape index (κ1) is 17.4. The fraction of sp³-hybridized carbons (Fsp3) is 0.208. The molecule has 0 saturated carbocycles. The van der Waals surface area contributed by atoms with E-state index in [1.807, 2.05) is 31.4 Å². The van der Waals surface area contributed by atoms with Crippen molar-refractivity contribution in [2.75, 3.05) is 30.1 Å². The van der Waals surface area contributed by atoms with Gasteiger partial charge in [-0.25, -0.2) is 14.1 Å². The molecule has 2 aromatic carbocycles. The summed E-state index contributed by atoms with van der Waals surface area (Å²) in [7, 11) is -0.765. The van der Waals surface area contributed by atoms with E-state index >= 15 is 0 Å². The molecule has 4 aromatic rings. The number of hydrogen-bond acceptors (Lipinski definition) is 5. The zero-order valence-electron chi connectivity index (χ0n) is 20.7. The number of carbonyl (C=O) groups excluding carboxylic acids is 1. The van der Waals surface area contributed by atoms with E-state index in [9.17, 15) is 9.18 Å². The lowest BCUT2D eigenvalue weighted by molar-refractivity contribution is 0.251. The van der Waals surface area contributed by atoms with E-state index in [2.05, 4.69) is 10.1 Å². The first-order valence-electron chi connectivity index (χ1n) is 11.7. The van der Waals surface area contributed by atoms with Gasteiger partial charge in [-0.1, -0.05) is 0 Å². The smallest absolute Gasteiger partial charge is 0.335 e. The van der Waals surface area contributed by atoms with Crippen LogP contribution in [0, 0.1) is 0 Å². The molecule has 0 spiro atoms. The number of rotatable bonds is 6. The van der Waals surface area contributed by atoms with Gasteiger partial charge in [0.05, 0.1) is 28.9 Å². The molecular weight excluding hydrogens is 425 g/mol.